The predicted molar refractivity (Wildman–Crippen MR) is 72.2 cm³/mol. The van der Waals surface area contributed by atoms with Crippen LogP contribution in [-0.4, -0.2) is 18.6 Å². The lowest BCUT2D eigenvalue weighted by molar-refractivity contribution is 0.317. The van der Waals surface area contributed by atoms with Gasteiger partial charge >= 0.3 is 0 Å². The zero-order valence-electron chi connectivity index (χ0n) is 10.1. The Balaban J connectivity index is 2.49. The maximum atomic E-state index is 6.08. The molecular formula is C13H21NOS. The van der Waals surface area contributed by atoms with Crippen LogP contribution < -0.4 is 10.5 Å². The van der Waals surface area contributed by atoms with Crippen molar-refractivity contribution in [1.82, 2.24) is 0 Å². The molecule has 2 nitrogen and oxygen atoms in total. The smallest absolute Gasteiger partial charge is 0.119 e. The van der Waals surface area contributed by atoms with Crippen molar-refractivity contribution in [3.63, 3.8) is 0 Å². The van der Waals surface area contributed by atoms with Crippen LogP contribution in [0.15, 0.2) is 24.3 Å². The van der Waals surface area contributed by atoms with Gasteiger partial charge in [-0.15, -0.1) is 0 Å². The van der Waals surface area contributed by atoms with Gasteiger partial charge < -0.3 is 10.5 Å². The monoisotopic (exact) mass is 239 g/mol. The second-order valence-corrected chi connectivity index (χ2v) is 4.79. The van der Waals surface area contributed by atoms with Gasteiger partial charge in [-0.3, -0.25) is 0 Å². The number of nitrogens with two attached hydrogens (primary N) is 1. The SMILES string of the molecule is CCCOc1ccc(C(N)CCSC)cc1. The molecule has 0 saturated carbocycles. The fraction of sp³-hybridized carbons (Fsp3) is 0.538. The van der Waals surface area contributed by atoms with E-state index in [1.807, 2.05) is 23.9 Å². The van der Waals surface area contributed by atoms with Crippen molar-refractivity contribution in [3.05, 3.63) is 29.8 Å². The lowest BCUT2D eigenvalue weighted by Gasteiger charge is -2.12. The lowest BCUT2D eigenvalue weighted by Crippen LogP contribution is -2.11. The van der Waals surface area contributed by atoms with E-state index in [2.05, 4.69) is 25.3 Å². The third-order valence-electron chi connectivity index (χ3n) is 2.41. The number of hydrogen-bond donors (Lipinski definition) is 1. The van der Waals surface area contributed by atoms with Gasteiger partial charge in [0.25, 0.3) is 0 Å². The Morgan fingerprint density at radius 2 is 2.00 bits per heavy atom. The van der Waals surface area contributed by atoms with Gasteiger partial charge in [0.2, 0.25) is 0 Å². The second-order valence-electron chi connectivity index (χ2n) is 3.81. The first-order valence-electron chi connectivity index (χ1n) is 5.75. The lowest BCUT2D eigenvalue weighted by atomic mass is 10.1. The van der Waals surface area contributed by atoms with E-state index in [4.69, 9.17) is 10.5 Å². The Morgan fingerprint density at radius 1 is 1.31 bits per heavy atom. The van der Waals surface area contributed by atoms with Crippen LogP contribution in [0.25, 0.3) is 0 Å². The first kappa shape index (κ1) is 13.4. The minimum Gasteiger partial charge on any atom is -0.494 e. The summed E-state index contributed by atoms with van der Waals surface area (Å²) >= 11 is 1.83. The molecule has 1 unspecified atom stereocenters. The highest BCUT2D eigenvalue weighted by Crippen LogP contribution is 2.19. The van der Waals surface area contributed by atoms with Gasteiger partial charge in [0.1, 0.15) is 5.75 Å². The molecule has 3 heteroatoms. The third-order valence-corrected chi connectivity index (χ3v) is 3.06. The summed E-state index contributed by atoms with van der Waals surface area (Å²) in [5, 5.41) is 0. The standard InChI is InChI=1S/C13H21NOS/c1-3-9-15-12-6-4-11(5-7-12)13(14)8-10-16-2/h4-7,13H,3,8-10,14H2,1-2H3. The van der Waals surface area contributed by atoms with E-state index >= 15 is 0 Å². The van der Waals surface area contributed by atoms with Gasteiger partial charge in [0, 0.05) is 6.04 Å². The molecular weight excluding hydrogens is 218 g/mol. The van der Waals surface area contributed by atoms with Crippen molar-refractivity contribution < 1.29 is 4.74 Å². The molecule has 0 amide bonds. The fourth-order valence-corrected chi connectivity index (χ4v) is 1.93. The quantitative estimate of drug-likeness (QED) is 0.793. The molecule has 0 aliphatic carbocycles. The molecule has 2 N–H and O–H groups in total. The van der Waals surface area contributed by atoms with Crippen LogP contribution >= 0.6 is 11.8 Å². The summed E-state index contributed by atoms with van der Waals surface area (Å²) in [5.74, 6) is 2.04. The van der Waals surface area contributed by atoms with Crippen molar-refractivity contribution in [3.8, 4) is 5.75 Å². The van der Waals surface area contributed by atoms with E-state index in [1.165, 1.54) is 5.56 Å². The molecule has 1 rings (SSSR count). The van der Waals surface area contributed by atoms with Crippen LogP contribution in [0.2, 0.25) is 0 Å². The summed E-state index contributed by atoms with van der Waals surface area (Å²) in [6.07, 6.45) is 4.17. The molecule has 0 spiro atoms. The first-order chi connectivity index (χ1) is 7.77. The van der Waals surface area contributed by atoms with Gasteiger partial charge in [0.05, 0.1) is 6.61 Å². The molecule has 0 bridgehead atoms. The van der Waals surface area contributed by atoms with Gasteiger partial charge in [-0.1, -0.05) is 19.1 Å². The van der Waals surface area contributed by atoms with Crippen LogP contribution in [0.1, 0.15) is 31.4 Å². The summed E-state index contributed by atoms with van der Waals surface area (Å²) in [6.45, 7) is 2.88. The molecule has 90 valence electrons. The summed E-state index contributed by atoms with van der Waals surface area (Å²) in [6, 6.07) is 8.28. The Labute approximate surface area is 103 Å². The Bertz CT molecular complexity index is 286. The molecule has 0 radical (unpaired) electrons. The van der Waals surface area contributed by atoms with Gasteiger partial charge in [-0.25, -0.2) is 0 Å². The molecule has 16 heavy (non-hydrogen) atoms. The second kappa shape index (κ2) is 7.58. The van der Waals surface area contributed by atoms with Crippen molar-refractivity contribution in [1.29, 1.82) is 0 Å². The zero-order valence-corrected chi connectivity index (χ0v) is 10.9. The highest BCUT2D eigenvalue weighted by Gasteiger charge is 2.05. The molecule has 0 aromatic heterocycles. The summed E-state index contributed by atoms with van der Waals surface area (Å²) in [5.41, 5.74) is 7.27. The molecule has 0 saturated heterocycles. The molecule has 0 fully saturated rings. The third kappa shape index (κ3) is 4.45. The maximum absolute atomic E-state index is 6.08. The van der Waals surface area contributed by atoms with Gasteiger partial charge in [-0.2, -0.15) is 11.8 Å². The van der Waals surface area contributed by atoms with Crippen LogP contribution in [-0.2, 0) is 0 Å². The molecule has 0 heterocycles. The van der Waals surface area contributed by atoms with Gasteiger partial charge in [-0.05, 0) is 42.5 Å². The van der Waals surface area contributed by atoms with Crippen molar-refractivity contribution in [2.45, 2.75) is 25.8 Å². The number of hydrogen-bond acceptors (Lipinski definition) is 3. The Kier molecular flexibility index (Phi) is 6.34. The molecule has 1 atom stereocenters. The number of benzene rings is 1. The molecule has 1 aromatic carbocycles. The number of rotatable bonds is 7. The van der Waals surface area contributed by atoms with Crippen LogP contribution in [0.5, 0.6) is 5.75 Å². The van der Waals surface area contributed by atoms with Gasteiger partial charge in [0.15, 0.2) is 0 Å². The van der Waals surface area contributed by atoms with Crippen LogP contribution in [0.4, 0.5) is 0 Å². The van der Waals surface area contributed by atoms with E-state index in [0.29, 0.717) is 0 Å². The van der Waals surface area contributed by atoms with Crippen LogP contribution in [0, 0.1) is 0 Å². The minimum absolute atomic E-state index is 0.146. The predicted octanol–water partition coefficient (Wildman–Crippen LogP) is 3.23. The average Bonchev–Trinajstić information content (AvgIpc) is 2.34. The number of thioether (sulfide) groups is 1. The summed E-state index contributed by atoms with van der Waals surface area (Å²) < 4.78 is 5.53. The Hall–Kier alpha value is -0.670. The van der Waals surface area contributed by atoms with E-state index < -0.39 is 0 Å². The fourth-order valence-electron chi connectivity index (χ4n) is 1.44. The summed E-state index contributed by atoms with van der Waals surface area (Å²) in [4.78, 5) is 0. The highest BCUT2D eigenvalue weighted by atomic mass is 32.2. The molecule has 0 aliphatic heterocycles. The first-order valence-corrected chi connectivity index (χ1v) is 7.14. The Morgan fingerprint density at radius 3 is 2.56 bits per heavy atom. The molecule has 1 aromatic rings. The van der Waals surface area contributed by atoms with E-state index in [1.54, 1.807) is 0 Å². The topological polar surface area (TPSA) is 35.2 Å². The molecule has 0 aliphatic rings. The summed E-state index contributed by atoms with van der Waals surface area (Å²) in [7, 11) is 0. The minimum atomic E-state index is 0.146. The van der Waals surface area contributed by atoms with Crippen molar-refractivity contribution in [2.24, 2.45) is 5.73 Å². The van der Waals surface area contributed by atoms with E-state index in [-0.39, 0.29) is 6.04 Å². The van der Waals surface area contributed by atoms with Crippen molar-refractivity contribution in [2.75, 3.05) is 18.6 Å². The van der Waals surface area contributed by atoms with E-state index in [0.717, 1.165) is 31.0 Å². The largest absolute Gasteiger partial charge is 0.494 e. The van der Waals surface area contributed by atoms with Crippen molar-refractivity contribution >= 4 is 11.8 Å². The maximum Gasteiger partial charge on any atom is 0.119 e. The normalized spacial score (nSPS) is 12.4. The highest BCUT2D eigenvalue weighted by molar-refractivity contribution is 7.98. The zero-order chi connectivity index (χ0) is 11.8. The van der Waals surface area contributed by atoms with E-state index in [9.17, 15) is 0 Å². The number of ether oxygens (including phenoxy) is 1. The average molecular weight is 239 g/mol. The van der Waals surface area contributed by atoms with Crippen LogP contribution in [0.3, 0.4) is 0 Å².